The van der Waals surface area contributed by atoms with Gasteiger partial charge in [-0.1, -0.05) is 46.5 Å². The third kappa shape index (κ3) is 3.80. The molecule has 1 saturated carbocycles. The lowest BCUT2D eigenvalue weighted by Crippen LogP contribution is -2.36. The average Bonchev–Trinajstić information content (AvgIpc) is 2.33. The number of carbonyl (C=O) groups is 1. The van der Waals surface area contributed by atoms with Crippen LogP contribution in [0.5, 0.6) is 0 Å². The van der Waals surface area contributed by atoms with Gasteiger partial charge in [-0.3, -0.25) is 4.79 Å². The highest BCUT2D eigenvalue weighted by atomic mass is 16.4. The minimum atomic E-state index is -0.591. The van der Waals surface area contributed by atoms with Crippen molar-refractivity contribution in [2.45, 2.75) is 72.6 Å². The summed E-state index contributed by atoms with van der Waals surface area (Å²) in [5.74, 6) is -0.181. The molecule has 0 radical (unpaired) electrons. The minimum absolute atomic E-state index is 0.411. The normalized spacial score (nSPS) is 20.5. The van der Waals surface area contributed by atoms with Crippen LogP contribution in [0, 0.1) is 11.3 Å². The first-order valence-electron chi connectivity index (χ1n) is 6.84. The Bertz CT molecular complexity index is 195. The van der Waals surface area contributed by atoms with Crippen molar-refractivity contribution < 1.29 is 9.90 Å². The van der Waals surface area contributed by atoms with E-state index in [1.54, 1.807) is 0 Å². The van der Waals surface area contributed by atoms with E-state index in [1.807, 2.05) is 20.8 Å². The van der Waals surface area contributed by atoms with Crippen LogP contribution >= 0.6 is 0 Å². The Morgan fingerprint density at radius 2 is 1.75 bits per heavy atom. The second-order valence-electron chi connectivity index (χ2n) is 4.81. The standard InChI is InChI=1S/C12H22O2.C2H6/c1-3-9-12(2,11(13)14)10-7-5-4-6-8-10;1-2/h10H,3-9H2,1-2H3,(H,13,14);1-2H3. The summed E-state index contributed by atoms with van der Waals surface area (Å²) in [5.41, 5.74) is -0.463. The zero-order valence-corrected chi connectivity index (χ0v) is 11.4. The van der Waals surface area contributed by atoms with Crippen molar-refractivity contribution in [2.24, 2.45) is 11.3 Å². The molecular weight excluding hydrogens is 200 g/mol. The van der Waals surface area contributed by atoms with E-state index in [0.29, 0.717) is 5.92 Å². The molecule has 2 heteroatoms. The quantitative estimate of drug-likeness (QED) is 0.770. The van der Waals surface area contributed by atoms with Crippen molar-refractivity contribution in [1.29, 1.82) is 0 Å². The van der Waals surface area contributed by atoms with Gasteiger partial charge in [0, 0.05) is 0 Å². The van der Waals surface area contributed by atoms with Gasteiger partial charge in [-0.25, -0.2) is 0 Å². The van der Waals surface area contributed by atoms with Crippen LogP contribution in [-0.4, -0.2) is 11.1 Å². The Kier molecular flexibility index (Phi) is 7.44. The Hall–Kier alpha value is -0.530. The summed E-state index contributed by atoms with van der Waals surface area (Å²) in [6.45, 7) is 8.01. The van der Waals surface area contributed by atoms with E-state index in [1.165, 1.54) is 19.3 Å². The van der Waals surface area contributed by atoms with Crippen LogP contribution in [0.3, 0.4) is 0 Å². The number of hydrogen-bond donors (Lipinski definition) is 1. The zero-order chi connectivity index (χ0) is 12.6. The second-order valence-corrected chi connectivity index (χ2v) is 4.81. The molecule has 1 unspecified atom stereocenters. The molecule has 0 aliphatic heterocycles. The van der Waals surface area contributed by atoms with Gasteiger partial charge in [0.25, 0.3) is 0 Å². The van der Waals surface area contributed by atoms with Crippen molar-refractivity contribution in [2.75, 3.05) is 0 Å². The van der Waals surface area contributed by atoms with Gasteiger partial charge < -0.3 is 5.11 Å². The zero-order valence-electron chi connectivity index (χ0n) is 11.4. The molecule has 1 aliphatic rings. The summed E-state index contributed by atoms with van der Waals surface area (Å²) in [6, 6.07) is 0. The van der Waals surface area contributed by atoms with E-state index < -0.39 is 11.4 Å². The Morgan fingerprint density at radius 3 is 2.12 bits per heavy atom. The summed E-state index contributed by atoms with van der Waals surface area (Å²) < 4.78 is 0. The van der Waals surface area contributed by atoms with E-state index in [4.69, 9.17) is 0 Å². The maximum absolute atomic E-state index is 11.3. The van der Waals surface area contributed by atoms with Gasteiger partial charge in [0.2, 0.25) is 0 Å². The van der Waals surface area contributed by atoms with Gasteiger partial charge >= 0.3 is 5.97 Å². The maximum atomic E-state index is 11.3. The number of carboxylic acids is 1. The first-order valence-corrected chi connectivity index (χ1v) is 6.84. The van der Waals surface area contributed by atoms with Crippen LogP contribution in [-0.2, 0) is 4.79 Å². The van der Waals surface area contributed by atoms with Crippen LogP contribution in [0.2, 0.25) is 0 Å². The van der Waals surface area contributed by atoms with E-state index >= 15 is 0 Å². The average molecular weight is 228 g/mol. The third-order valence-corrected chi connectivity index (χ3v) is 3.76. The van der Waals surface area contributed by atoms with E-state index in [9.17, 15) is 9.90 Å². The molecule has 0 heterocycles. The molecule has 1 N–H and O–H groups in total. The van der Waals surface area contributed by atoms with Crippen molar-refractivity contribution >= 4 is 5.97 Å². The maximum Gasteiger partial charge on any atom is 0.309 e. The molecule has 1 aliphatic carbocycles. The molecule has 96 valence electrons. The van der Waals surface area contributed by atoms with E-state index in [-0.39, 0.29) is 0 Å². The molecule has 2 nitrogen and oxygen atoms in total. The smallest absolute Gasteiger partial charge is 0.309 e. The van der Waals surface area contributed by atoms with Gasteiger partial charge in [0.05, 0.1) is 5.41 Å². The van der Waals surface area contributed by atoms with Crippen LogP contribution in [0.4, 0.5) is 0 Å². The Balaban J connectivity index is 0.00000106. The molecule has 0 aromatic rings. The van der Waals surface area contributed by atoms with E-state index in [0.717, 1.165) is 25.7 Å². The lowest BCUT2D eigenvalue weighted by Gasteiger charge is -2.36. The van der Waals surface area contributed by atoms with Crippen molar-refractivity contribution in [3.63, 3.8) is 0 Å². The minimum Gasteiger partial charge on any atom is -0.481 e. The summed E-state index contributed by atoms with van der Waals surface area (Å²) in [6.07, 6.45) is 7.75. The molecule has 0 aromatic carbocycles. The summed E-state index contributed by atoms with van der Waals surface area (Å²) >= 11 is 0. The molecule has 0 aromatic heterocycles. The summed E-state index contributed by atoms with van der Waals surface area (Å²) in [7, 11) is 0. The van der Waals surface area contributed by atoms with Gasteiger partial charge in [0.15, 0.2) is 0 Å². The Morgan fingerprint density at radius 1 is 1.25 bits per heavy atom. The van der Waals surface area contributed by atoms with E-state index in [2.05, 4.69) is 6.92 Å². The molecular formula is C14H28O2. The fourth-order valence-electron chi connectivity index (χ4n) is 2.74. The Labute approximate surface area is 100 Å². The fourth-order valence-corrected chi connectivity index (χ4v) is 2.74. The van der Waals surface area contributed by atoms with Crippen molar-refractivity contribution in [3.8, 4) is 0 Å². The monoisotopic (exact) mass is 228 g/mol. The van der Waals surface area contributed by atoms with Crippen LogP contribution in [0.1, 0.15) is 72.6 Å². The summed E-state index contributed by atoms with van der Waals surface area (Å²) in [4.78, 5) is 11.3. The summed E-state index contributed by atoms with van der Waals surface area (Å²) in [5, 5.41) is 9.32. The SMILES string of the molecule is CC.CCCC(C)(C(=O)O)C1CCCCC1. The fraction of sp³-hybridized carbons (Fsp3) is 0.929. The molecule has 16 heavy (non-hydrogen) atoms. The van der Waals surface area contributed by atoms with Gasteiger partial charge in [-0.2, -0.15) is 0 Å². The van der Waals surface area contributed by atoms with Crippen LogP contribution in [0.25, 0.3) is 0 Å². The second kappa shape index (κ2) is 7.70. The highest BCUT2D eigenvalue weighted by Gasteiger charge is 2.40. The molecule has 0 bridgehead atoms. The van der Waals surface area contributed by atoms with Crippen LogP contribution < -0.4 is 0 Å². The molecule has 0 spiro atoms. The molecule has 0 saturated heterocycles. The predicted octanol–water partition coefficient (Wildman–Crippen LogP) is 4.48. The number of hydrogen-bond acceptors (Lipinski definition) is 1. The molecule has 1 atom stereocenters. The van der Waals surface area contributed by atoms with Gasteiger partial charge in [0.1, 0.15) is 0 Å². The lowest BCUT2D eigenvalue weighted by molar-refractivity contribution is -0.152. The number of rotatable bonds is 4. The number of aliphatic carboxylic acids is 1. The molecule has 0 amide bonds. The number of carboxylic acid groups (broad SMARTS) is 1. The van der Waals surface area contributed by atoms with Crippen molar-refractivity contribution in [1.82, 2.24) is 0 Å². The first-order chi connectivity index (χ1) is 7.61. The topological polar surface area (TPSA) is 37.3 Å². The largest absolute Gasteiger partial charge is 0.481 e. The van der Waals surface area contributed by atoms with Gasteiger partial charge in [-0.15, -0.1) is 0 Å². The lowest BCUT2D eigenvalue weighted by atomic mass is 9.68. The highest BCUT2D eigenvalue weighted by Crippen LogP contribution is 2.41. The van der Waals surface area contributed by atoms with Crippen LogP contribution in [0.15, 0.2) is 0 Å². The highest BCUT2D eigenvalue weighted by molar-refractivity contribution is 5.74. The third-order valence-electron chi connectivity index (χ3n) is 3.76. The molecule has 1 rings (SSSR count). The first kappa shape index (κ1) is 15.5. The molecule has 1 fully saturated rings. The van der Waals surface area contributed by atoms with Crippen molar-refractivity contribution in [3.05, 3.63) is 0 Å². The predicted molar refractivity (Wildman–Crippen MR) is 68.6 cm³/mol. The van der Waals surface area contributed by atoms with Gasteiger partial charge in [-0.05, 0) is 32.1 Å².